The van der Waals surface area contributed by atoms with Crippen molar-refractivity contribution in [2.75, 3.05) is 0 Å². The monoisotopic (exact) mass is 258 g/mol. The Hall–Kier alpha value is -1.31. The minimum atomic E-state index is -0.894. The highest BCUT2D eigenvalue weighted by atomic mass is 16.4. The number of aliphatic carboxylic acids is 1. The van der Waals surface area contributed by atoms with Crippen LogP contribution in [0.15, 0.2) is 36.5 Å². The maximum absolute atomic E-state index is 10.3. The van der Waals surface area contributed by atoms with E-state index in [4.69, 9.17) is 5.11 Å². The van der Waals surface area contributed by atoms with Crippen LogP contribution < -0.4 is 0 Å². The Labute approximate surface area is 114 Å². The van der Waals surface area contributed by atoms with E-state index in [1.165, 1.54) is 32.1 Å². The Bertz CT molecular complexity index is 403. The van der Waals surface area contributed by atoms with Gasteiger partial charge in [-0.3, -0.25) is 0 Å². The van der Waals surface area contributed by atoms with E-state index in [0.717, 1.165) is 35.7 Å². The van der Waals surface area contributed by atoms with Crippen molar-refractivity contribution < 1.29 is 9.90 Å². The second-order valence-corrected chi connectivity index (χ2v) is 6.48. The average molecular weight is 258 g/mol. The first-order chi connectivity index (χ1) is 9.22. The molecule has 0 spiro atoms. The summed E-state index contributed by atoms with van der Waals surface area (Å²) in [7, 11) is 0. The van der Waals surface area contributed by atoms with Crippen LogP contribution in [0.5, 0.6) is 0 Å². The molecule has 0 aliphatic heterocycles. The molecule has 0 aromatic heterocycles. The van der Waals surface area contributed by atoms with Gasteiger partial charge >= 0.3 is 5.97 Å². The van der Waals surface area contributed by atoms with Crippen molar-refractivity contribution in [1.82, 2.24) is 0 Å². The molecule has 0 heterocycles. The Morgan fingerprint density at radius 1 is 0.842 bits per heavy atom. The highest BCUT2D eigenvalue weighted by molar-refractivity contribution is 5.80. The quantitative estimate of drug-likeness (QED) is 0.615. The van der Waals surface area contributed by atoms with Gasteiger partial charge in [0.25, 0.3) is 0 Å². The molecule has 102 valence electrons. The van der Waals surface area contributed by atoms with E-state index in [0.29, 0.717) is 0 Å². The van der Waals surface area contributed by atoms with E-state index in [2.05, 4.69) is 12.2 Å². The third-order valence-corrected chi connectivity index (χ3v) is 5.21. The van der Waals surface area contributed by atoms with Crippen LogP contribution in [-0.4, -0.2) is 11.1 Å². The van der Waals surface area contributed by atoms with Crippen molar-refractivity contribution in [2.24, 2.45) is 29.6 Å². The summed E-state index contributed by atoms with van der Waals surface area (Å²) in [6.45, 7) is 0. The fraction of sp³-hybridized carbons (Fsp3) is 0.588. The molecule has 4 fully saturated rings. The molecule has 4 aliphatic carbocycles. The van der Waals surface area contributed by atoms with Gasteiger partial charge in [-0.2, -0.15) is 0 Å². The second-order valence-electron chi connectivity index (χ2n) is 6.48. The fourth-order valence-electron chi connectivity index (χ4n) is 4.74. The molecule has 0 unspecified atom stereocenters. The lowest BCUT2D eigenvalue weighted by molar-refractivity contribution is -0.131. The molecule has 0 aromatic rings. The summed E-state index contributed by atoms with van der Waals surface area (Å²) in [5.74, 6) is 3.80. The zero-order chi connectivity index (χ0) is 13.2. The molecule has 2 nitrogen and oxygen atoms in total. The van der Waals surface area contributed by atoms with Crippen LogP contribution in [0, 0.1) is 29.6 Å². The first kappa shape index (κ1) is 12.7. The number of carboxylic acids is 1. The van der Waals surface area contributed by atoms with Crippen molar-refractivity contribution in [1.29, 1.82) is 0 Å². The number of carbonyl (C=O) groups is 1. The van der Waals surface area contributed by atoms with Gasteiger partial charge in [-0.25, -0.2) is 4.79 Å². The van der Waals surface area contributed by atoms with Crippen LogP contribution in [0.1, 0.15) is 32.1 Å². The second kappa shape index (κ2) is 5.36. The Morgan fingerprint density at radius 3 is 2.00 bits per heavy atom. The largest absolute Gasteiger partial charge is 0.478 e. The molecule has 4 rings (SSSR count). The van der Waals surface area contributed by atoms with Crippen molar-refractivity contribution in [3.63, 3.8) is 0 Å². The molecule has 1 N–H and O–H groups in total. The molecular weight excluding hydrogens is 236 g/mol. The third-order valence-electron chi connectivity index (χ3n) is 5.21. The van der Waals surface area contributed by atoms with E-state index in [9.17, 15) is 4.79 Å². The first-order valence-electron chi connectivity index (χ1n) is 7.47. The molecule has 0 aromatic carbocycles. The number of rotatable bonds is 4. The van der Waals surface area contributed by atoms with Gasteiger partial charge in [0.05, 0.1) is 0 Å². The molecule has 0 atom stereocenters. The SMILES string of the molecule is O=C(O)/C=C/C=C/C=C/C1C2CC3CC(C2)CC1C3. The topological polar surface area (TPSA) is 37.3 Å². The fourth-order valence-corrected chi connectivity index (χ4v) is 4.74. The maximum atomic E-state index is 10.3. The standard InChI is InChI=1S/C17H22O2/c18-17(19)6-4-2-1-3-5-16-14-8-12-7-13(10-14)11-15(16)9-12/h1-6,12-16H,7-11H2,(H,18,19)/b2-1+,5-3+,6-4+. The highest BCUT2D eigenvalue weighted by Crippen LogP contribution is 2.56. The summed E-state index contributed by atoms with van der Waals surface area (Å²) in [6, 6.07) is 0. The number of allylic oxidation sites excluding steroid dienone is 5. The van der Waals surface area contributed by atoms with Gasteiger partial charge in [-0.05, 0) is 61.7 Å². The smallest absolute Gasteiger partial charge is 0.328 e. The maximum Gasteiger partial charge on any atom is 0.328 e. The van der Waals surface area contributed by atoms with Gasteiger partial charge in [0.1, 0.15) is 0 Å². The Morgan fingerprint density at radius 2 is 1.42 bits per heavy atom. The van der Waals surface area contributed by atoms with Crippen LogP contribution in [0.3, 0.4) is 0 Å². The summed E-state index contributed by atoms with van der Waals surface area (Å²) < 4.78 is 0. The predicted octanol–water partition coefficient (Wildman–Crippen LogP) is 3.81. The number of hydrogen-bond acceptors (Lipinski definition) is 1. The molecule has 4 saturated carbocycles. The van der Waals surface area contributed by atoms with Crippen molar-refractivity contribution >= 4 is 5.97 Å². The van der Waals surface area contributed by atoms with E-state index in [-0.39, 0.29) is 0 Å². The molecule has 19 heavy (non-hydrogen) atoms. The van der Waals surface area contributed by atoms with E-state index in [1.54, 1.807) is 12.2 Å². The minimum absolute atomic E-state index is 0.779. The zero-order valence-corrected chi connectivity index (χ0v) is 11.2. The minimum Gasteiger partial charge on any atom is -0.478 e. The molecule has 0 radical (unpaired) electrons. The van der Waals surface area contributed by atoms with Crippen LogP contribution in [0.25, 0.3) is 0 Å². The lowest BCUT2D eigenvalue weighted by atomic mass is 9.52. The summed E-state index contributed by atoms with van der Waals surface area (Å²) in [4.78, 5) is 10.3. The van der Waals surface area contributed by atoms with Gasteiger partial charge in [0, 0.05) is 6.08 Å². The molecular formula is C17H22O2. The van der Waals surface area contributed by atoms with E-state index in [1.807, 2.05) is 6.08 Å². The lowest BCUT2D eigenvalue weighted by Crippen LogP contribution is -2.44. The number of hydrogen-bond donors (Lipinski definition) is 1. The van der Waals surface area contributed by atoms with Gasteiger partial charge in [-0.1, -0.05) is 30.4 Å². The highest BCUT2D eigenvalue weighted by Gasteiger charge is 2.46. The van der Waals surface area contributed by atoms with Crippen LogP contribution in [0.2, 0.25) is 0 Å². The van der Waals surface area contributed by atoms with E-state index < -0.39 is 5.97 Å². The molecule has 4 aliphatic rings. The van der Waals surface area contributed by atoms with Gasteiger partial charge in [-0.15, -0.1) is 0 Å². The van der Waals surface area contributed by atoms with Gasteiger partial charge in [0.2, 0.25) is 0 Å². The summed E-state index contributed by atoms with van der Waals surface area (Å²) >= 11 is 0. The Kier molecular flexibility index (Phi) is 3.58. The van der Waals surface area contributed by atoms with Crippen molar-refractivity contribution in [3.8, 4) is 0 Å². The average Bonchev–Trinajstić information content (AvgIpc) is 2.35. The van der Waals surface area contributed by atoms with Crippen LogP contribution >= 0.6 is 0 Å². The summed E-state index contributed by atoms with van der Waals surface area (Å²) in [5, 5.41) is 8.47. The van der Waals surface area contributed by atoms with Crippen LogP contribution in [0.4, 0.5) is 0 Å². The molecule has 4 bridgehead atoms. The number of carboxylic acid groups (broad SMARTS) is 1. The zero-order valence-electron chi connectivity index (χ0n) is 11.2. The normalized spacial score (nSPS) is 40.9. The molecule has 0 amide bonds. The first-order valence-corrected chi connectivity index (χ1v) is 7.47. The summed E-state index contributed by atoms with van der Waals surface area (Å²) in [5.41, 5.74) is 0. The summed E-state index contributed by atoms with van der Waals surface area (Å²) in [6.07, 6.45) is 18.3. The van der Waals surface area contributed by atoms with Crippen LogP contribution in [-0.2, 0) is 4.79 Å². The van der Waals surface area contributed by atoms with E-state index >= 15 is 0 Å². The molecule has 2 heteroatoms. The Balaban J connectivity index is 1.57. The molecule has 0 saturated heterocycles. The van der Waals surface area contributed by atoms with Gasteiger partial charge in [0.15, 0.2) is 0 Å². The predicted molar refractivity (Wildman–Crippen MR) is 75.6 cm³/mol. The third kappa shape index (κ3) is 2.83. The lowest BCUT2D eigenvalue weighted by Gasteiger charge is -2.53. The van der Waals surface area contributed by atoms with Crippen molar-refractivity contribution in [3.05, 3.63) is 36.5 Å². The van der Waals surface area contributed by atoms with Gasteiger partial charge < -0.3 is 5.11 Å². The van der Waals surface area contributed by atoms with Crippen molar-refractivity contribution in [2.45, 2.75) is 32.1 Å².